The minimum atomic E-state index is -0.395. The first-order valence-corrected chi connectivity index (χ1v) is 7.37. The van der Waals surface area contributed by atoms with Crippen LogP contribution in [0.15, 0.2) is 18.2 Å². The van der Waals surface area contributed by atoms with Gasteiger partial charge in [0.1, 0.15) is 5.82 Å². The lowest BCUT2D eigenvalue weighted by Gasteiger charge is -2.12. The number of fused-ring (bicyclic) bond motifs is 2. The highest BCUT2D eigenvalue weighted by molar-refractivity contribution is 6.34. The van der Waals surface area contributed by atoms with Crippen molar-refractivity contribution in [3.05, 3.63) is 52.1 Å². The quantitative estimate of drug-likeness (QED) is 0.707. The molecule has 0 radical (unpaired) electrons. The van der Waals surface area contributed by atoms with Crippen molar-refractivity contribution < 1.29 is 14.0 Å². The highest BCUT2D eigenvalue weighted by Gasteiger charge is 2.27. The molecule has 0 aliphatic carbocycles. The van der Waals surface area contributed by atoms with Crippen molar-refractivity contribution >= 4 is 29.2 Å². The van der Waals surface area contributed by atoms with Crippen molar-refractivity contribution in [2.75, 3.05) is 11.9 Å². The third kappa shape index (κ3) is 2.06. The van der Waals surface area contributed by atoms with E-state index in [9.17, 15) is 14.0 Å². The summed E-state index contributed by atoms with van der Waals surface area (Å²) in [5.41, 5.74) is 4.52. The van der Waals surface area contributed by atoms with Gasteiger partial charge in [0.2, 0.25) is 0 Å². The van der Waals surface area contributed by atoms with Crippen molar-refractivity contribution in [2.45, 2.75) is 13.3 Å². The molecule has 0 spiro atoms. The Bertz CT molecular complexity index is 895. The number of amides is 2. The topological polar surface area (TPSA) is 74.0 Å². The molecule has 2 aromatic rings. The van der Waals surface area contributed by atoms with E-state index >= 15 is 0 Å². The normalized spacial score (nSPS) is 17.7. The van der Waals surface area contributed by atoms with E-state index in [1.54, 1.807) is 12.1 Å². The van der Waals surface area contributed by atoms with Gasteiger partial charge in [-0.15, -0.1) is 0 Å². The smallest absolute Gasteiger partial charge is 0.256 e. The average Bonchev–Trinajstić information content (AvgIpc) is 2.99. The second kappa shape index (κ2) is 4.81. The summed E-state index contributed by atoms with van der Waals surface area (Å²) in [6.45, 7) is 2.43. The van der Waals surface area contributed by atoms with E-state index in [0.29, 0.717) is 34.6 Å². The van der Waals surface area contributed by atoms with E-state index in [0.717, 1.165) is 17.7 Å². The van der Waals surface area contributed by atoms with E-state index in [1.165, 1.54) is 12.1 Å². The minimum absolute atomic E-state index is 0.105. The fourth-order valence-corrected chi connectivity index (χ4v) is 3.16. The number of carbonyl (C=O) groups excluding carboxylic acids is 2. The van der Waals surface area contributed by atoms with E-state index in [-0.39, 0.29) is 11.8 Å². The summed E-state index contributed by atoms with van der Waals surface area (Å²) >= 11 is 0. The zero-order valence-electron chi connectivity index (χ0n) is 12.4. The second-order valence-corrected chi connectivity index (χ2v) is 5.73. The molecule has 0 bridgehead atoms. The second-order valence-electron chi connectivity index (χ2n) is 5.73. The van der Waals surface area contributed by atoms with Crippen LogP contribution in [0.5, 0.6) is 0 Å². The van der Waals surface area contributed by atoms with Crippen molar-refractivity contribution in [3.8, 4) is 0 Å². The summed E-state index contributed by atoms with van der Waals surface area (Å²) in [7, 11) is 0. The van der Waals surface area contributed by atoms with Crippen LogP contribution >= 0.6 is 0 Å². The Morgan fingerprint density at radius 1 is 1.22 bits per heavy atom. The van der Waals surface area contributed by atoms with E-state index in [2.05, 4.69) is 15.6 Å². The highest BCUT2D eigenvalue weighted by Crippen LogP contribution is 2.34. The van der Waals surface area contributed by atoms with Gasteiger partial charge in [-0.1, -0.05) is 0 Å². The highest BCUT2D eigenvalue weighted by atomic mass is 19.1. The largest absolute Gasteiger partial charge is 0.358 e. The van der Waals surface area contributed by atoms with Gasteiger partial charge in [0, 0.05) is 35.6 Å². The van der Waals surface area contributed by atoms with Crippen molar-refractivity contribution in [1.29, 1.82) is 0 Å². The molecule has 5 nitrogen and oxygen atoms in total. The number of rotatable bonds is 1. The van der Waals surface area contributed by atoms with Gasteiger partial charge >= 0.3 is 0 Å². The number of aromatic amines is 1. The van der Waals surface area contributed by atoms with E-state index < -0.39 is 5.82 Å². The molecule has 2 amide bonds. The molecule has 1 aromatic carbocycles. The summed E-state index contributed by atoms with van der Waals surface area (Å²) in [6, 6.07) is 4.19. The Balaban J connectivity index is 1.85. The Morgan fingerprint density at radius 2 is 2.04 bits per heavy atom. The van der Waals surface area contributed by atoms with Gasteiger partial charge in [0.05, 0.1) is 11.1 Å². The number of hydrogen-bond donors (Lipinski definition) is 3. The number of carbonyl (C=O) groups is 2. The van der Waals surface area contributed by atoms with Gasteiger partial charge in [0.25, 0.3) is 11.8 Å². The van der Waals surface area contributed by atoms with Gasteiger partial charge in [-0.2, -0.15) is 0 Å². The first-order valence-electron chi connectivity index (χ1n) is 7.37. The lowest BCUT2D eigenvalue weighted by Crippen LogP contribution is -2.31. The van der Waals surface area contributed by atoms with Gasteiger partial charge in [0.15, 0.2) is 0 Å². The minimum Gasteiger partial charge on any atom is -0.358 e. The van der Waals surface area contributed by atoms with E-state index in [4.69, 9.17) is 0 Å². The molecule has 4 rings (SSSR count). The Kier molecular flexibility index (Phi) is 2.87. The number of anilines is 1. The van der Waals surface area contributed by atoms with E-state index in [1.807, 2.05) is 6.92 Å². The Labute approximate surface area is 131 Å². The molecular formula is C17H14FN3O2. The summed E-state index contributed by atoms with van der Waals surface area (Å²) in [5.74, 6) is -0.776. The summed E-state index contributed by atoms with van der Waals surface area (Å²) in [4.78, 5) is 27.4. The van der Waals surface area contributed by atoms with Crippen LogP contribution in [0.3, 0.4) is 0 Å². The number of benzene rings is 1. The van der Waals surface area contributed by atoms with Gasteiger partial charge in [-0.05, 0) is 36.8 Å². The SMILES string of the molecule is Cc1c(/C=C2\C(=O)Nc3ccc(F)cc32)[nH]c2c1C(=O)NCC2. The molecule has 0 saturated heterocycles. The zero-order chi connectivity index (χ0) is 16.1. The van der Waals surface area contributed by atoms with Crippen LogP contribution in [0.1, 0.15) is 32.9 Å². The number of aromatic nitrogens is 1. The van der Waals surface area contributed by atoms with Crippen LogP contribution in [0.25, 0.3) is 11.6 Å². The fraction of sp³-hybridized carbons (Fsp3) is 0.176. The maximum absolute atomic E-state index is 13.5. The molecule has 3 heterocycles. The monoisotopic (exact) mass is 311 g/mol. The molecule has 1 aromatic heterocycles. The number of H-pyrrole nitrogens is 1. The summed E-state index contributed by atoms with van der Waals surface area (Å²) < 4.78 is 13.5. The van der Waals surface area contributed by atoms with Crippen molar-refractivity contribution in [2.24, 2.45) is 0 Å². The van der Waals surface area contributed by atoms with Crippen molar-refractivity contribution in [1.82, 2.24) is 10.3 Å². The number of halogens is 1. The van der Waals surface area contributed by atoms with Crippen LogP contribution in [0.2, 0.25) is 0 Å². The molecule has 23 heavy (non-hydrogen) atoms. The number of nitrogens with one attached hydrogen (secondary N) is 3. The van der Waals surface area contributed by atoms with Crippen LogP contribution in [-0.4, -0.2) is 23.3 Å². The maximum atomic E-state index is 13.5. The molecule has 116 valence electrons. The lowest BCUT2D eigenvalue weighted by atomic mass is 10.0. The molecular weight excluding hydrogens is 297 g/mol. The number of hydrogen-bond acceptors (Lipinski definition) is 2. The molecule has 0 saturated carbocycles. The van der Waals surface area contributed by atoms with Gasteiger partial charge < -0.3 is 15.6 Å². The molecule has 2 aliphatic heterocycles. The molecule has 6 heteroatoms. The Morgan fingerprint density at radius 3 is 2.83 bits per heavy atom. The third-order valence-electron chi connectivity index (χ3n) is 4.31. The maximum Gasteiger partial charge on any atom is 0.256 e. The van der Waals surface area contributed by atoms with Crippen LogP contribution in [0, 0.1) is 12.7 Å². The average molecular weight is 311 g/mol. The first kappa shape index (κ1) is 13.8. The zero-order valence-corrected chi connectivity index (χ0v) is 12.4. The molecule has 0 atom stereocenters. The van der Waals surface area contributed by atoms with Crippen LogP contribution < -0.4 is 10.6 Å². The molecule has 0 unspecified atom stereocenters. The summed E-state index contributed by atoms with van der Waals surface area (Å²) in [5, 5.41) is 5.53. The molecule has 0 fully saturated rings. The standard InChI is InChI=1S/C17H14FN3O2/c1-8-14(20-13-4-5-19-17(23)15(8)13)7-11-10-6-9(18)2-3-12(10)21-16(11)22/h2-3,6-7,20H,4-5H2,1H3,(H,19,23)(H,21,22)/b11-7-. The van der Waals surface area contributed by atoms with Crippen molar-refractivity contribution in [3.63, 3.8) is 0 Å². The van der Waals surface area contributed by atoms with Gasteiger partial charge in [-0.25, -0.2) is 4.39 Å². The third-order valence-corrected chi connectivity index (χ3v) is 4.31. The molecule has 2 aliphatic rings. The van der Waals surface area contributed by atoms with Crippen LogP contribution in [-0.2, 0) is 11.2 Å². The fourth-order valence-electron chi connectivity index (χ4n) is 3.16. The first-order chi connectivity index (χ1) is 11.0. The predicted octanol–water partition coefficient (Wildman–Crippen LogP) is 2.24. The van der Waals surface area contributed by atoms with Crippen LogP contribution in [0.4, 0.5) is 10.1 Å². The Hall–Kier alpha value is -2.89. The molecule has 3 N–H and O–H groups in total. The summed E-state index contributed by atoms with van der Waals surface area (Å²) in [6.07, 6.45) is 2.41. The van der Waals surface area contributed by atoms with Gasteiger partial charge in [-0.3, -0.25) is 9.59 Å². The lowest BCUT2D eigenvalue weighted by molar-refractivity contribution is -0.110. The predicted molar refractivity (Wildman–Crippen MR) is 84.5 cm³/mol.